The van der Waals surface area contributed by atoms with E-state index in [1.165, 1.54) is 54.5 Å². The summed E-state index contributed by atoms with van der Waals surface area (Å²) >= 11 is 12.8. The second kappa shape index (κ2) is 16.0. The number of imide groups is 1. The minimum atomic E-state index is -1.66. The zero-order chi connectivity index (χ0) is 45.4. The predicted molar refractivity (Wildman–Crippen MR) is 236 cm³/mol. The van der Waals surface area contributed by atoms with Crippen LogP contribution in [0, 0.1) is 5.92 Å². The van der Waals surface area contributed by atoms with Gasteiger partial charge in [-0.2, -0.15) is 5.01 Å². The van der Waals surface area contributed by atoms with Gasteiger partial charge in [0.05, 0.1) is 74.1 Å². The molecule has 2 fully saturated rings. The summed E-state index contributed by atoms with van der Waals surface area (Å²) in [5, 5.41) is 12.2. The van der Waals surface area contributed by atoms with Crippen LogP contribution < -0.4 is 41.3 Å². The molecule has 0 bridgehead atoms. The third kappa shape index (κ3) is 6.35. The largest absolute Gasteiger partial charge is 0.504 e. The smallest absolute Gasteiger partial charge is 0.347 e. The summed E-state index contributed by atoms with van der Waals surface area (Å²) in [7, 11) is 7.48. The number of aromatic hydroxyl groups is 1. The number of carbonyl (C=O) groups is 2. The number of hydrogen-bond donors (Lipinski definition) is 2. The first-order chi connectivity index (χ1) is 30.8. The van der Waals surface area contributed by atoms with Crippen molar-refractivity contribution in [2.75, 3.05) is 33.9 Å². The molecule has 3 aliphatic rings. The highest BCUT2D eigenvalue weighted by atomic mass is 35.5. The van der Waals surface area contributed by atoms with Gasteiger partial charge in [-0.3, -0.25) is 19.8 Å². The van der Waals surface area contributed by atoms with E-state index in [0.717, 1.165) is 9.58 Å². The van der Waals surface area contributed by atoms with Gasteiger partial charge in [0.1, 0.15) is 11.4 Å². The number of aryl methyl sites for hydroxylation is 2. The highest BCUT2D eigenvalue weighted by molar-refractivity contribution is 6.36. The van der Waals surface area contributed by atoms with Crippen LogP contribution in [0.3, 0.4) is 0 Å². The van der Waals surface area contributed by atoms with Crippen LogP contribution in [0.4, 0.5) is 5.69 Å². The fourth-order valence-electron chi connectivity index (χ4n) is 9.68. The van der Waals surface area contributed by atoms with E-state index in [1.807, 2.05) is 6.08 Å². The third-order valence-electron chi connectivity index (χ3n) is 12.7. The first-order valence-corrected chi connectivity index (χ1v) is 20.9. The molecule has 4 unspecified atom stereocenters. The molecular weight excluding hydrogens is 869 g/mol. The van der Waals surface area contributed by atoms with Crippen molar-refractivity contribution >= 4 is 51.7 Å². The maximum atomic E-state index is 15.5. The number of nitrogens with one attached hydrogen (secondary N) is 1. The van der Waals surface area contributed by atoms with E-state index in [4.69, 9.17) is 42.1 Å². The lowest BCUT2D eigenvalue weighted by molar-refractivity contribution is -0.138. The van der Waals surface area contributed by atoms with Crippen LogP contribution in [0.15, 0.2) is 98.8 Å². The Hall–Kier alpha value is -6.98. The van der Waals surface area contributed by atoms with Crippen LogP contribution in [-0.4, -0.2) is 73.9 Å². The second-order valence-electron chi connectivity index (χ2n) is 15.7. The summed E-state index contributed by atoms with van der Waals surface area (Å²) < 4.78 is 27.0. The van der Waals surface area contributed by atoms with E-state index >= 15 is 9.59 Å². The average molecular weight is 911 g/mol. The van der Waals surface area contributed by atoms with Crippen molar-refractivity contribution in [3.63, 3.8) is 0 Å². The normalized spacial score (nSPS) is 20.1. The van der Waals surface area contributed by atoms with E-state index in [9.17, 15) is 19.5 Å². The molecule has 4 heterocycles. The van der Waals surface area contributed by atoms with Crippen LogP contribution in [0.1, 0.15) is 35.2 Å². The van der Waals surface area contributed by atoms with E-state index in [1.54, 1.807) is 67.7 Å². The molecule has 2 amide bonds. The van der Waals surface area contributed by atoms with Gasteiger partial charge in [0.25, 0.3) is 17.4 Å². The molecule has 2 aromatic heterocycles. The number of hydrazine groups is 1. The number of carbonyl (C=O) groups excluding carboxylic acids is 2. The van der Waals surface area contributed by atoms with Crippen molar-refractivity contribution in [1.82, 2.24) is 28.5 Å². The highest BCUT2D eigenvalue weighted by Gasteiger charge is 2.69. The molecule has 19 heteroatoms. The van der Waals surface area contributed by atoms with Crippen molar-refractivity contribution in [3.8, 4) is 28.7 Å². The SMILES string of the molecule is COc1ccc(C23C(=O)N(Nc4ccc(Cl)cc4Cl)C(=O)C2CC2C(=CCn4c(=O)n(CCc5nc6cc(OC)c(OC)cc6n(C)c5=O)c(=O)n42)C3c2ccc(O)c(OC)c2)cc1. The number of benzene rings is 4. The number of allylic oxidation sites excluding steroid dienone is 2. The second-order valence-corrected chi connectivity index (χ2v) is 16.5. The summed E-state index contributed by atoms with van der Waals surface area (Å²) in [6.45, 7) is -0.257. The van der Waals surface area contributed by atoms with Crippen molar-refractivity contribution in [2.24, 2.45) is 13.0 Å². The van der Waals surface area contributed by atoms with Crippen molar-refractivity contribution in [2.45, 2.75) is 43.3 Å². The zero-order valence-electron chi connectivity index (χ0n) is 35.1. The molecule has 0 radical (unpaired) electrons. The van der Waals surface area contributed by atoms with Crippen molar-refractivity contribution in [3.05, 3.63) is 143 Å². The van der Waals surface area contributed by atoms with Crippen LogP contribution in [0.25, 0.3) is 11.0 Å². The maximum Gasteiger partial charge on any atom is 0.347 e. The quantitative estimate of drug-likeness (QED) is 0.131. The fourth-order valence-corrected chi connectivity index (χ4v) is 10.1. The molecule has 0 spiro atoms. The Labute approximate surface area is 374 Å². The van der Waals surface area contributed by atoms with E-state index in [0.29, 0.717) is 50.0 Å². The third-order valence-corrected chi connectivity index (χ3v) is 13.2. The maximum absolute atomic E-state index is 15.5. The Morgan fingerprint density at radius 1 is 0.844 bits per heavy atom. The van der Waals surface area contributed by atoms with E-state index < -0.39 is 52.0 Å². The number of aromatic nitrogens is 5. The minimum absolute atomic E-state index is 0.0654. The lowest BCUT2D eigenvalue weighted by Crippen LogP contribution is -2.53. The van der Waals surface area contributed by atoms with Gasteiger partial charge in [-0.25, -0.2) is 28.5 Å². The Morgan fingerprint density at radius 3 is 2.25 bits per heavy atom. The molecule has 4 aromatic carbocycles. The van der Waals surface area contributed by atoms with Gasteiger partial charge >= 0.3 is 11.4 Å². The molecule has 2 aliphatic heterocycles. The number of methoxy groups -OCH3 is 4. The van der Waals surface area contributed by atoms with Gasteiger partial charge in [0, 0.05) is 43.1 Å². The van der Waals surface area contributed by atoms with Gasteiger partial charge < -0.3 is 28.6 Å². The summed E-state index contributed by atoms with van der Waals surface area (Å²) in [5.74, 6) is -2.03. The molecule has 330 valence electrons. The molecule has 4 atom stereocenters. The Bertz CT molecular complexity index is 3140. The topological polar surface area (TPSA) is 190 Å². The first-order valence-electron chi connectivity index (χ1n) is 20.1. The molecule has 64 heavy (non-hydrogen) atoms. The fraction of sp³-hybridized carbons (Fsp3) is 0.289. The van der Waals surface area contributed by atoms with E-state index in [2.05, 4.69) is 10.4 Å². The molecule has 2 N–H and O–H groups in total. The van der Waals surface area contributed by atoms with Crippen LogP contribution >= 0.6 is 23.2 Å². The number of anilines is 1. The Balaban J connectivity index is 1.18. The number of amides is 2. The molecule has 17 nitrogen and oxygen atoms in total. The number of rotatable bonds is 11. The van der Waals surface area contributed by atoms with Gasteiger partial charge in [0.15, 0.2) is 23.0 Å². The minimum Gasteiger partial charge on any atom is -0.504 e. The summed E-state index contributed by atoms with van der Waals surface area (Å²) in [5.41, 5.74) is 2.43. The molecule has 1 saturated carbocycles. The molecule has 1 saturated heterocycles. The van der Waals surface area contributed by atoms with Crippen LogP contribution in [0.5, 0.6) is 28.7 Å². The van der Waals surface area contributed by atoms with Crippen LogP contribution in [0.2, 0.25) is 10.0 Å². The van der Waals surface area contributed by atoms with Gasteiger partial charge in [-0.05, 0) is 65.6 Å². The number of fused-ring (bicyclic) bond motifs is 5. The van der Waals surface area contributed by atoms with Gasteiger partial charge in [0.2, 0.25) is 0 Å². The number of phenols is 1. The predicted octanol–water partition coefficient (Wildman–Crippen LogP) is 4.97. The monoisotopic (exact) mass is 909 g/mol. The first kappa shape index (κ1) is 42.3. The standard InChI is InChI=1S/C45H41Cl2N7O10/c1-50-34-22-38(64-5)37(63-4)21-32(34)48-31(41(50)57)15-16-51-43(59)52-17-14-27-33(54(52)44(51)60)20-28-40(56)53(49-30-12-9-25(46)19-29(30)47)42(58)45(28,24-7-10-26(61-2)11-8-24)39(27)23-6-13-35(55)36(18-23)62-3/h6-14,18-19,21-22,28,33,39,49,55H,15-17,20H2,1-5H3. The van der Waals surface area contributed by atoms with Crippen LogP contribution in [-0.2, 0) is 41.6 Å². The van der Waals surface area contributed by atoms with Crippen molar-refractivity contribution < 1.29 is 33.6 Å². The molecule has 6 aromatic rings. The Morgan fingerprint density at radius 2 is 1.56 bits per heavy atom. The molecule has 9 rings (SSSR count). The number of hydrogen-bond acceptors (Lipinski definition) is 12. The zero-order valence-corrected chi connectivity index (χ0v) is 36.6. The van der Waals surface area contributed by atoms with Gasteiger partial charge in [-0.1, -0.05) is 47.5 Å². The summed E-state index contributed by atoms with van der Waals surface area (Å²) in [6, 6.07) is 18.6. The van der Waals surface area contributed by atoms with E-state index in [-0.39, 0.29) is 53.8 Å². The average Bonchev–Trinajstić information content (AvgIpc) is 3.67. The Kier molecular flexibility index (Phi) is 10.6. The molecular formula is C45H41Cl2N7O10. The lowest BCUT2D eigenvalue weighted by Gasteiger charge is -2.49. The molecule has 1 aliphatic carbocycles. The summed E-state index contributed by atoms with van der Waals surface area (Å²) in [6.07, 6.45) is 1.66. The van der Waals surface area contributed by atoms with Gasteiger partial charge in [-0.15, -0.1) is 0 Å². The number of ether oxygens (including phenoxy) is 4. The van der Waals surface area contributed by atoms with Crippen molar-refractivity contribution in [1.29, 1.82) is 0 Å². The number of halogens is 2. The summed E-state index contributed by atoms with van der Waals surface area (Å²) in [4.78, 5) is 77.8. The highest BCUT2D eigenvalue weighted by Crippen LogP contribution is 2.62. The number of nitrogens with zero attached hydrogens (tertiary/aromatic N) is 6. The lowest BCUT2D eigenvalue weighted by atomic mass is 9.53. The number of phenolic OH excluding ortho intramolecular Hbond substituents is 1.